The molecule has 27 heavy (non-hydrogen) atoms. The van der Waals surface area contributed by atoms with Crippen molar-refractivity contribution in [2.24, 2.45) is 5.92 Å². The quantitative estimate of drug-likeness (QED) is 0.713. The van der Waals surface area contributed by atoms with Gasteiger partial charge in [-0.15, -0.1) is 0 Å². The van der Waals surface area contributed by atoms with Gasteiger partial charge in [0.15, 0.2) is 11.5 Å². The highest BCUT2D eigenvalue weighted by Crippen LogP contribution is 2.36. The van der Waals surface area contributed by atoms with Crippen molar-refractivity contribution >= 4 is 16.7 Å². The summed E-state index contributed by atoms with van der Waals surface area (Å²) in [6.45, 7) is 0.928. The molecule has 0 N–H and O–H groups in total. The highest BCUT2D eigenvalue weighted by molar-refractivity contribution is 5.85. The fourth-order valence-corrected chi connectivity index (χ4v) is 3.69. The molecular weight excluding hydrogens is 340 g/mol. The van der Waals surface area contributed by atoms with Gasteiger partial charge in [0.1, 0.15) is 6.61 Å². The summed E-state index contributed by atoms with van der Waals surface area (Å²) in [5.41, 5.74) is 2.13. The Morgan fingerprint density at radius 3 is 2.96 bits per heavy atom. The first kappa shape index (κ1) is 17.3. The Hall–Kier alpha value is -3.08. The second-order valence-corrected chi connectivity index (χ2v) is 6.87. The molecule has 3 aromatic rings. The summed E-state index contributed by atoms with van der Waals surface area (Å²) >= 11 is 0. The smallest absolute Gasteiger partial charge is 0.229 e. The zero-order valence-corrected chi connectivity index (χ0v) is 15.5. The Kier molecular flexibility index (Phi) is 4.67. The van der Waals surface area contributed by atoms with Gasteiger partial charge in [-0.1, -0.05) is 30.3 Å². The van der Waals surface area contributed by atoms with Crippen LogP contribution in [0.4, 0.5) is 0 Å². The molecule has 1 amide bonds. The Balaban J connectivity index is 1.51. The number of benzene rings is 2. The van der Waals surface area contributed by atoms with Crippen LogP contribution < -0.4 is 9.47 Å². The SMILES string of the molecule is COc1cccc2c1OC[C@H](C(=O)N(C)Cc1cccc3cnccc13)C2. The van der Waals surface area contributed by atoms with Crippen LogP contribution in [0.5, 0.6) is 11.5 Å². The lowest BCUT2D eigenvalue weighted by Gasteiger charge is -2.29. The molecule has 0 fully saturated rings. The number of rotatable bonds is 4. The van der Waals surface area contributed by atoms with Crippen molar-refractivity contribution in [2.75, 3.05) is 20.8 Å². The first-order valence-electron chi connectivity index (χ1n) is 9.02. The molecule has 1 aliphatic heterocycles. The number of carbonyl (C=O) groups is 1. The monoisotopic (exact) mass is 362 g/mol. The van der Waals surface area contributed by atoms with Crippen LogP contribution in [0.3, 0.4) is 0 Å². The number of pyridine rings is 1. The third kappa shape index (κ3) is 3.33. The predicted molar refractivity (Wildman–Crippen MR) is 104 cm³/mol. The van der Waals surface area contributed by atoms with Crippen molar-refractivity contribution in [1.29, 1.82) is 0 Å². The molecule has 0 saturated heterocycles. The van der Waals surface area contributed by atoms with Crippen molar-refractivity contribution in [3.05, 3.63) is 66.0 Å². The minimum Gasteiger partial charge on any atom is -0.493 e. The maximum absolute atomic E-state index is 13.0. The van der Waals surface area contributed by atoms with Crippen molar-refractivity contribution in [1.82, 2.24) is 9.88 Å². The molecule has 0 radical (unpaired) electrons. The first-order chi connectivity index (χ1) is 13.2. The van der Waals surface area contributed by atoms with Gasteiger partial charge in [-0.05, 0) is 35.1 Å². The molecule has 0 unspecified atom stereocenters. The van der Waals surface area contributed by atoms with E-state index in [0.717, 1.165) is 33.4 Å². The number of amides is 1. The van der Waals surface area contributed by atoms with Crippen LogP contribution in [0.25, 0.3) is 10.8 Å². The molecule has 2 aromatic carbocycles. The molecule has 1 atom stereocenters. The van der Waals surface area contributed by atoms with E-state index < -0.39 is 0 Å². The average molecular weight is 362 g/mol. The topological polar surface area (TPSA) is 51.7 Å². The van der Waals surface area contributed by atoms with E-state index in [1.807, 2.05) is 49.6 Å². The molecule has 1 aliphatic rings. The van der Waals surface area contributed by atoms with Gasteiger partial charge in [0.05, 0.1) is 13.0 Å². The van der Waals surface area contributed by atoms with E-state index in [9.17, 15) is 4.79 Å². The fraction of sp³-hybridized carbons (Fsp3) is 0.273. The maximum Gasteiger partial charge on any atom is 0.229 e. The van der Waals surface area contributed by atoms with Gasteiger partial charge in [0.2, 0.25) is 5.91 Å². The molecule has 1 aromatic heterocycles. The van der Waals surface area contributed by atoms with E-state index in [2.05, 4.69) is 11.1 Å². The van der Waals surface area contributed by atoms with Gasteiger partial charge in [0.25, 0.3) is 0 Å². The van der Waals surface area contributed by atoms with Gasteiger partial charge >= 0.3 is 0 Å². The van der Waals surface area contributed by atoms with Crippen LogP contribution >= 0.6 is 0 Å². The number of methoxy groups -OCH3 is 1. The van der Waals surface area contributed by atoms with Crippen LogP contribution in [-0.2, 0) is 17.8 Å². The molecule has 0 spiro atoms. The molecule has 0 saturated carbocycles. The van der Waals surface area contributed by atoms with Crippen LogP contribution in [0.2, 0.25) is 0 Å². The highest BCUT2D eigenvalue weighted by atomic mass is 16.5. The summed E-state index contributed by atoms with van der Waals surface area (Å²) in [6, 6.07) is 13.9. The number of carbonyl (C=O) groups excluding carboxylic acids is 1. The van der Waals surface area contributed by atoms with Gasteiger partial charge in [-0.25, -0.2) is 0 Å². The van der Waals surface area contributed by atoms with Crippen LogP contribution in [0, 0.1) is 5.92 Å². The number of nitrogens with zero attached hydrogens (tertiary/aromatic N) is 2. The molecule has 2 heterocycles. The first-order valence-corrected chi connectivity index (χ1v) is 9.02. The van der Waals surface area contributed by atoms with Gasteiger partial charge < -0.3 is 14.4 Å². The number of aromatic nitrogens is 1. The summed E-state index contributed by atoms with van der Waals surface area (Å²) in [5.74, 6) is 1.38. The highest BCUT2D eigenvalue weighted by Gasteiger charge is 2.29. The van der Waals surface area contributed by atoms with E-state index in [-0.39, 0.29) is 11.8 Å². The maximum atomic E-state index is 13.0. The van der Waals surface area contributed by atoms with Crippen LogP contribution in [-0.4, -0.2) is 36.6 Å². The van der Waals surface area contributed by atoms with E-state index in [0.29, 0.717) is 19.6 Å². The minimum atomic E-state index is -0.189. The normalized spacial score (nSPS) is 15.7. The van der Waals surface area contributed by atoms with E-state index in [4.69, 9.17) is 9.47 Å². The van der Waals surface area contributed by atoms with Crippen molar-refractivity contribution in [3.63, 3.8) is 0 Å². The van der Waals surface area contributed by atoms with Crippen molar-refractivity contribution in [3.8, 4) is 11.5 Å². The Bertz CT molecular complexity index is 981. The van der Waals surface area contributed by atoms with Crippen molar-refractivity contribution in [2.45, 2.75) is 13.0 Å². The standard InChI is InChI=1S/C22H22N2O3/c1-24(13-17-7-3-6-16-12-23-10-9-19(16)17)22(25)18-11-15-5-4-8-20(26-2)21(15)27-14-18/h3-10,12,18H,11,13-14H2,1-2H3/t18-/m1/s1. The lowest BCUT2D eigenvalue weighted by molar-refractivity contribution is -0.136. The summed E-state index contributed by atoms with van der Waals surface area (Å²) in [5, 5.41) is 2.21. The molecule has 0 aliphatic carbocycles. The molecule has 4 rings (SSSR count). The molecule has 138 valence electrons. The predicted octanol–water partition coefficient (Wildman–Crippen LogP) is 3.45. The molecule has 0 bridgehead atoms. The number of ether oxygens (including phenoxy) is 2. The minimum absolute atomic E-state index is 0.0922. The summed E-state index contributed by atoms with van der Waals surface area (Å²) in [6.07, 6.45) is 4.29. The van der Waals surface area contributed by atoms with Gasteiger partial charge in [0, 0.05) is 31.4 Å². The van der Waals surface area contributed by atoms with Gasteiger partial charge in [-0.2, -0.15) is 0 Å². The summed E-state index contributed by atoms with van der Waals surface area (Å²) in [4.78, 5) is 19.0. The third-order valence-electron chi connectivity index (χ3n) is 5.08. The van der Waals surface area contributed by atoms with Crippen LogP contribution in [0.15, 0.2) is 54.9 Å². The number of para-hydroxylation sites is 1. The largest absolute Gasteiger partial charge is 0.493 e. The van der Waals surface area contributed by atoms with E-state index >= 15 is 0 Å². The molecule has 5 nitrogen and oxygen atoms in total. The van der Waals surface area contributed by atoms with Gasteiger partial charge in [-0.3, -0.25) is 9.78 Å². The van der Waals surface area contributed by atoms with E-state index in [1.165, 1.54) is 0 Å². The number of hydrogen-bond acceptors (Lipinski definition) is 4. The number of fused-ring (bicyclic) bond motifs is 2. The molecular formula is C22H22N2O3. The number of hydrogen-bond donors (Lipinski definition) is 0. The zero-order chi connectivity index (χ0) is 18.8. The Morgan fingerprint density at radius 2 is 2.11 bits per heavy atom. The average Bonchev–Trinajstić information content (AvgIpc) is 2.72. The third-order valence-corrected chi connectivity index (χ3v) is 5.08. The molecule has 5 heteroatoms. The second-order valence-electron chi connectivity index (χ2n) is 6.87. The second kappa shape index (κ2) is 7.27. The lowest BCUT2D eigenvalue weighted by Crippen LogP contribution is -2.38. The lowest BCUT2D eigenvalue weighted by atomic mass is 9.95. The van der Waals surface area contributed by atoms with E-state index in [1.54, 1.807) is 18.2 Å². The zero-order valence-electron chi connectivity index (χ0n) is 15.5. The summed E-state index contributed by atoms with van der Waals surface area (Å²) < 4.78 is 11.2. The Labute approximate surface area is 158 Å². The van der Waals surface area contributed by atoms with Crippen LogP contribution in [0.1, 0.15) is 11.1 Å². The van der Waals surface area contributed by atoms with Crippen molar-refractivity contribution < 1.29 is 14.3 Å². The summed E-state index contributed by atoms with van der Waals surface area (Å²) in [7, 11) is 3.48. The fourth-order valence-electron chi connectivity index (χ4n) is 3.69. The Morgan fingerprint density at radius 1 is 1.26 bits per heavy atom.